The molecule has 2 nitrogen and oxygen atoms in total. The first-order valence-electron chi connectivity index (χ1n) is 11.6. The van der Waals surface area contributed by atoms with E-state index in [9.17, 15) is 0 Å². The van der Waals surface area contributed by atoms with Crippen molar-refractivity contribution in [2.24, 2.45) is 11.8 Å². The lowest BCUT2D eigenvalue weighted by atomic mass is 9.98. The fourth-order valence-corrected chi connectivity index (χ4v) is 3.61. The third kappa shape index (κ3) is 21.9. The van der Waals surface area contributed by atoms with Crippen molar-refractivity contribution in [2.75, 3.05) is 13.6 Å². The molecule has 0 amide bonds. The van der Waals surface area contributed by atoms with Gasteiger partial charge in [0.15, 0.2) is 0 Å². The first-order valence-corrected chi connectivity index (χ1v) is 11.6. The summed E-state index contributed by atoms with van der Waals surface area (Å²) in [5, 5.41) is 1.81. The maximum atomic E-state index is 5.66. The van der Waals surface area contributed by atoms with Gasteiger partial charge in [-0.25, -0.2) is 0 Å². The van der Waals surface area contributed by atoms with Crippen LogP contribution in [0.3, 0.4) is 0 Å². The van der Waals surface area contributed by atoms with Crippen LogP contribution in [0.5, 0.6) is 0 Å². The van der Waals surface area contributed by atoms with Gasteiger partial charge in [0.2, 0.25) is 0 Å². The molecule has 0 aliphatic heterocycles. The molecule has 0 fully saturated rings. The van der Waals surface area contributed by atoms with Crippen LogP contribution in [0.4, 0.5) is 0 Å². The zero-order valence-electron chi connectivity index (χ0n) is 18.0. The lowest BCUT2D eigenvalue weighted by Crippen LogP contribution is -2.27. The van der Waals surface area contributed by atoms with Crippen LogP contribution in [0.1, 0.15) is 129 Å². The van der Waals surface area contributed by atoms with Crippen molar-refractivity contribution in [3.8, 4) is 0 Å². The second-order valence-corrected chi connectivity index (χ2v) is 8.47. The molecule has 0 rings (SSSR count). The monoisotopic (exact) mass is 354 g/mol. The quantitative estimate of drug-likeness (QED) is 0.139. The van der Waals surface area contributed by atoms with E-state index in [1.165, 1.54) is 116 Å². The summed E-state index contributed by atoms with van der Waals surface area (Å²) in [5.41, 5.74) is 0. The van der Waals surface area contributed by atoms with Gasteiger partial charge in [-0.1, -0.05) is 123 Å². The van der Waals surface area contributed by atoms with Crippen LogP contribution in [0, 0.1) is 5.92 Å². The molecule has 0 heterocycles. The summed E-state index contributed by atoms with van der Waals surface area (Å²) in [4.78, 5) is 0. The molecule has 0 aliphatic carbocycles. The topological polar surface area (TPSA) is 29.3 Å². The average Bonchev–Trinajstić information content (AvgIpc) is 2.59. The predicted molar refractivity (Wildman–Crippen MR) is 115 cm³/mol. The Morgan fingerprint density at radius 2 is 0.960 bits per heavy atom. The van der Waals surface area contributed by atoms with E-state index in [1.807, 2.05) is 12.1 Å². The number of hydrogen-bond acceptors (Lipinski definition) is 2. The first kappa shape index (κ1) is 24.9. The van der Waals surface area contributed by atoms with Crippen LogP contribution in [0.15, 0.2) is 0 Å². The van der Waals surface area contributed by atoms with Crippen molar-refractivity contribution in [3.63, 3.8) is 0 Å². The lowest BCUT2D eigenvalue weighted by molar-refractivity contribution is 0.307. The van der Waals surface area contributed by atoms with Gasteiger partial charge in [-0.3, -0.25) is 10.9 Å². The summed E-state index contributed by atoms with van der Waals surface area (Å²) in [6.45, 7) is 5.69. The van der Waals surface area contributed by atoms with Gasteiger partial charge in [-0.15, -0.1) is 0 Å². The van der Waals surface area contributed by atoms with Gasteiger partial charge in [-0.2, -0.15) is 0 Å². The molecule has 0 radical (unpaired) electrons. The Morgan fingerprint density at radius 1 is 0.600 bits per heavy atom. The summed E-state index contributed by atoms with van der Waals surface area (Å²) in [6.07, 6.45) is 25.9. The zero-order valence-corrected chi connectivity index (χ0v) is 18.0. The van der Waals surface area contributed by atoms with E-state index in [0.717, 1.165) is 12.5 Å². The van der Waals surface area contributed by atoms with E-state index in [2.05, 4.69) is 13.8 Å². The van der Waals surface area contributed by atoms with Crippen molar-refractivity contribution in [1.29, 1.82) is 0 Å². The van der Waals surface area contributed by atoms with Crippen LogP contribution in [-0.4, -0.2) is 18.6 Å². The second kappa shape index (κ2) is 20.2. The minimum atomic E-state index is 0.831. The molecule has 2 N–H and O–H groups in total. The van der Waals surface area contributed by atoms with Gasteiger partial charge in [0.05, 0.1) is 0 Å². The van der Waals surface area contributed by atoms with Gasteiger partial charge in [0.1, 0.15) is 0 Å². The van der Waals surface area contributed by atoms with Gasteiger partial charge in [0.25, 0.3) is 0 Å². The molecule has 0 aliphatic rings. The molecule has 1 unspecified atom stereocenters. The van der Waals surface area contributed by atoms with E-state index in [0.29, 0.717) is 0 Å². The minimum Gasteiger partial charge on any atom is -0.269 e. The summed E-state index contributed by atoms with van der Waals surface area (Å²) >= 11 is 0. The van der Waals surface area contributed by atoms with Crippen LogP contribution in [0.25, 0.3) is 0 Å². The smallest absolute Gasteiger partial charge is 0.0128 e. The van der Waals surface area contributed by atoms with Crippen molar-refractivity contribution in [1.82, 2.24) is 5.01 Å². The molecule has 0 saturated carbocycles. The molecule has 152 valence electrons. The maximum Gasteiger partial charge on any atom is 0.0128 e. The molecular weight excluding hydrogens is 304 g/mol. The number of nitrogens with zero attached hydrogens (tertiary/aromatic N) is 1. The molecule has 1 atom stereocenters. The Bertz CT molecular complexity index is 240. The largest absolute Gasteiger partial charge is 0.269 e. The fraction of sp³-hybridized carbons (Fsp3) is 1.00. The van der Waals surface area contributed by atoms with Crippen LogP contribution in [0.2, 0.25) is 0 Å². The minimum absolute atomic E-state index is 0.831. The SMILES string of the molecule is CCCCCCCCCCCCCCCCCCC(C)CCN(C)N. The second-order valence-electron chi connectivity index (χ2n) is 8.47. The zero-order chi connectivity index (χ0) is 18.6. The van der Waals surface area contributed by atoms with E-state index < -0.39 is 0 Å². The van der Waals surface area contributed by atoms with Gasteiger partial charge >= 0.3 is 0 Å². The Labute approximate surface area is 160 Å². The Balaban J connectivity index is 3.07. The van der Waals surface area contributed by atoms with Crippen LogP contribution >= 0.6 is 0 Å². The molecule has 0 saturated heterocycles. The van der Waals surface area contributed by atoms with Crippen molar-refractivity contribution >= 4 is 0 Å². The highest BCUT2D eigenvalue weighted by Crippen LogP contribution is 2.16. The summed E-state index contributed by atoms with van der Waals surface area (Å²) < 4.78 is 0. The van der Waals surface area contributed by atoms with Gasteiger partial charge in [-0.05, 0) is 12.3 Å². The number of unbranched alkanes of at least 4 members (excludes halogenated alkanes) is 15. The van der Waals surface area contributed by atoms with Crippen molar-refractivity contribution in [3.05, 3.63) is 0 Å². The molecule has 2 heteroatoms. The first-order chi connectivity index (χ1) is 12.2. The molecule has 0 aromatic heterocycles. The normalized spacial score (nSPS) is 12.8. The standard InChI is InChI=1S/C23H50N2/c1-4-5-6-7-8-9-10-11-12-13-14-15-16-17-18-19-20-23(2)21-22-25(3)24/h23H,4-22,24H2,1-3H3. The highest BCUT2D eigenvalue weighted by molar-refractivity contribution is 4.56. The fourth-order valence-electron chi connectivity index (χ4n) is 3.61. The van der Waals surface area contributed by atoms with E-state index in [4.69, 9.17) is 5.84 Å². The highest BCUT2D eigenvalue weighted by atomic mass is 15.4. The molecule has 0 bridgehead atoms. The molecular formula is C23H50N2. The molecule has 25 heavy (non-hydrogen) atoms. The number of hydrazine groups is 1. The molecule has 0 aromatic rings. The summed E-state index contributed by atoms with van der Waals surface area (Å²) in [6, 6.07) is 0. The lowest BCUT2D eigenvalue weighted by Gasteiger charge is -2.14. The van der Waals surface area contributed by atoms with Crippen molar-refractivity contribution < 1.29 is 0 Å². The van der Waals surface area contributed by atoms with Gasteiger partial charge < -0.3 is 0 Å². The number of nitrogens with two attached hydrogens (primary N) is 1. The predicted octanol–water partition coefficient (Wildman–Crippen LogP) is 7.47. The maximum absolute atomic E-state index is 5.66. The van der Waals surface area contributed by atoms with Gasteiger partial charge in [0, 0.05) is 13.6 Å². The number of hydrogen-bond donors (Lipinski definition) is 1. The Morgan fingerprint density at radius 3 is 1.32 bits per heavy atom. The third-order valence-corrected chi connectivity index (χ3v) is 5.53. The van der Waals surface area contributed by atoms with Crippen LogP contribution < -0.4 is 5.84 Å². The number of rotatable bonds is 20. The highest BCUT2D eigenvalue weighted by Gasteiger charge is 2.02. The molecule has 0 spiro atoms. The summed E-state index contributed by atoms with van der Waals surface area (Å²) in [5.74, 6) is 6.50. The summed E-state index contributed by atoms with van der Waals surface area (Å²) in [7, 11) is 1.96. The molecule has 0 aromatic carbocycles. The van der Waals surface area contributed by atoms with E-state index in [1.54, 1.807) is 0 Å². The van der Waals surface area contributed by atoms with Crippen molar-refractivity contribution in [2.45, 2.75) is 129 Å². The third-order valence-electron chi connectivity index (χ3n) is 5.53. The average molecular weight is 355 g/mol. The van der Waals surface area contributed by atoms with Crippen LogP contribution in [-0.2, 0) is 0 Å². The Hall–Kier alpha value is -0.0800. The van der Waals surface area contributed by atoms with E-state index in [-0.39, 0.29) is 0 Å². The van der Waals surface area contributed by atoms with E-state index >= 15 is 0 Å². The Kier molecular flexibility index (Phi) is 20.2.